The number of benzene rings is 1. The van der Waals surface area contributed by atoms with Crippen LogP contribution in [0.25, 0.3) is 0 Å². The Hall–Kier alpha value is -1.84. The summed E-state index contributed by atoms with van der Waals surface area (Å²) in [7, 11) is 0. The molecule has 0 aliphatic rings. The molecule has 0 saturated heterocycles. The SMILES string of the molecule is CCCc1ccc(C(C)=NNC(=O)OCC)cc1. The highest BCUT2D eigenvalue weighted by atomic mass is 16.5. The molecule has 98 valence electrons. The Balaban J connectivity index is 2.62. The average Bonchev–Trinajstić information content (AvgIpc) is 2.37. The first-order valence-corrected chi connectivity index (χ1v) is 6.23. The van der Waals surface area contributed by atoms with E-state index in [2.05, 4.69) is 29.6 Å². The molecular formula is C14H20N2O2. The second kappa shape index (κ2) is 7.48. The monoisotopic (exact) mass is 248 g/mol. The van der Waals surface area contributed by atoms with Crippen LogP contribution < -0.4 is 5.43 Å². The molecule has 0 fully saturated rings. The van der Waals surface area contributed by atoms with Gasteiger partial charge in [-0.25, -0.2) is 10.2 Å². The van der Waals surface area contributed by atoms with Gasteiger partial charge in [0.05, 0.1) is 12.3 Å². The van der Waals surface area contributed by atoms with Crippen molar-refractivity contribution >= 4 is 11.8 Å². The van der Waals surface area contributed by atoms with E-state index in [4.69, 9.17) is 4.74 Å². The molecule has 0 heterocycles. The molecule has 0 spiro atoms. The van der Waals surface area contributed by atoms with Crippen LogP contribution in [0, 0.1) is 0 Å². The third kappa shape index (κ3) is 4.57. The molecular weight excluding hydrogens is 228 g/mol. The number of carbonyl (C=O) groups is 1. The molecule has 0 aliphatic carbocycles. The normalized spacial score (nSPS) is 11.2. The smallest absolute Gasteiger partial charge is 0.427 e. The fraction of sp³-hybridized carbons (Fsp3) is 0.429. The van der Waals surface area contributed by atoms with Gasteiger partial charge in [0.25, 0.3) is 0 Å². The number of rotatable bonds is 5. The summed E-state index contributed by atoms with van der Waals surface area (Å²) in [6.07, 6.45) is 1.69. The maximum atomic E-state index is 11.1. The van der Waals surface area contributed by atoms with Gasteiger partial charge >= 0.3 is 6.09 Å². The van der Waals surface area contributed by atoms with Crippen molar-refractivity contribution in [3.63, 3.8) is 0 Å². The fourth-order valence-electron chi connectivity index (χ4n) is 1.56. The summed E-state index contributed by atoms with van der Waals surface area (Å²) in [5, 5.41) is 3.98. The Bertz CT molecular complexity index is 410. The fourth-order valence-corrected chi connectivity index (χ4v) is 1.56. The molecule has 0 saturated carbocycles. The van der Waals surface area contributed by atoms with Gasteiger partial charge in [-0.05, 0) is 31.4 Å². The van der Waals surface area contributed by atoms with E-state index in [0.717, 1.165) is 24.1 Å². The van der Waals surface area contributed by atoms with E-state index in [1.807, 2.05) is 19.1 Å². The van der Waals surface area contributed by atoms with Crippen LogP contribution in [-0.4, -0.2) is 18.4 Å². The summed E-state index contributed by atoms with van der Waals surface area (Å²) in [6.45, 7) is 6.10. The van der Waals surface area contributed by atoms with Crippen molar-refractivity contribution in [2.75, 3.05) is 6.61 Å². The molecule has 0 aromatic heterocycles. The molecule has 1 aromatic rings. The highest BCUT2D eigenvalue weighted by Crippen LogP contribution is 2.07. The molecule has 0 atom stereocenters. The number of hydrogen-bond acceptors (Lipinski definition) is 3. The summed E-state index contributed by atoms with van der Waals surface area (Å²) in [6, 6.07) is 8.19. The van der Waals surface area contributed by atoms with E-state index in [1.165, 1.54) is 5.56 Å². The number of hydrazone groups is 1. The highest BCUT2D eigenvalue weighted by Gasteiger charge is 2.00. The third-order valence-corrected chi connectivity index (χ3v) is 2.50. The maximum Gasteiger partial charge on any atom is 0.427 e. The van der Waals surface area contributed by atoms with Crippen molar-refractivity contribution in [1.29, 1.82) is 0 Å². The zero-order valence-electron chi connectivity index (χ0n) is 11.2. The zero-order valence-corrected chi connectivity index (χ0v) is 11.2. The number of ether oxygens (including phenoxy) is 1. The molecule has 1 N–H and O–H groups in total. The van der Waals surface area contributed by atoms with E-state index >= 15 is 0 Å². The number of amides is 1. The van der Waals surface area contributed by atoms with Crippen LogP contribution >= 0.6 is 0 Å². The standard InChI is InChI=1S/C14H20N2O2/c1-4-6-12-7-9-13(10-8-12)11(3)15-16-14(17)18-5-2/h7-10H,4-6H2,1-3H3,(H,16,17). The predicted octanol–water partition coefficient (Wildman–Crippen LogP) is 3.11. The number of carbonyl (C=O) groups excluding carboxylic acids is 1. The minimum Gasteiger partial charge on any atom is -0.449 e. The second-order valence-electron chi connectivity index (χ2n) is 3.98. The van der Waals surface area contributed by atoms with Crippen molar-refractivity contribution in [3.05, 3.63) is 35.4 Å². The summed E-state index contributed by atoms with van der Waals surface area (Å²) in [4.78, 5) is 11.1. The Morgan fingerprint density at radius 2 is 1.94 bits per heavy atom. The molecule has 4 heteroatoms. The van der Waals surface area contributed by atoms with Crippen LogP contribution in [0.15, 0.2) is 29.4 Å². The molecule has 1 aromatic carbocycles. The first kappa shape index (κ1) is 14.2. The Morgan fingerprint density at radius 1 is 1.28 bits per heavy atom. The lowest BCUT2D eigenvalue weighted by Crippen LogP contribution is -2.20. The van der Waals surface area contributed by atoms with Crippen LogP contribution in [0.4, 0.5) is 4.79 Å². The number of hydrogen-bond donors (Lipinski definition) is 1. The third-order valence-electron chi connectivity index (χ3n) is 2.50. The van der Waals surface area contributed by atoms with Gasteiger partial charge in [-0.1, -0.05) is 37.6 Å². The minimum atomic E-state index is -0.528. The van der Waals surface area contributed by atoms with Gasteiger partial charge in [-0.2, -0.15) is 5.10 Å². The summed E-state index contributed by atoms with van der Waals surface area (Å²) >= 11 is 0. The van der Waals surface area contributed by atoms with Crippen molar-refractivity contribution in [3.8, 4) is 0 Å². The van der Waals surface area contributed by atoms with Gasteiger partial charge in [0, 0.05) is 0 Å². The van der Waals surface area contributed by atoms with Crippen LogP contribution in [0.1, 0.15) is 38.3 Å². The first-order chi connectivity index (χ1) is 8.67. The van der Waals surface area contributed by atoms with Gasteiger partial charge in [0.15, 0.2) is 0 Å². The van der Waals surface area contributed by atoms with Crippen LogP contribution in [-0.2, 0) is 11.2 Å². The lowest BCUT2D eigenvalue weighted by molar-refractivity contribution is 0.152. The number of aryl methyl sites for hydroxylation is 1. The first-order valence-electron chi connectivity index (χ1n) is 6.23. The van der Waals surface area contributed by atoms with Gasteiger partial charge in [-0.15, -0.1) is 0 Å². The maximum absolute atomic E-state index is 11.1. The lowest BCUT2D eigenvalue weighted by Gasteiger charge is -2.04. The van der Waals surface area contributed by atoms with Gasteiger partial charge in [-0.3, -0.25) is 0 Å². The zero-order chi connectivity index (χ0) is 13.4. The predicted molar refractivity (Wildman–Crippen MR) is 72.8 cm³/mol. The van der Waals surface area contributed by atoms with Crippen LogP contribution in [0.3, 0.4) is 0 Å². The number of nitrogens with zero attached hydrogens (tertiary/aromatic N) is 1. The largest absolute Gasteiger partial charge is 0.449 e. The summed E-state index contributed by atoms with van der Waals surface area (Å²) in [5.41, 5.74) is 5.41. The van der Waals surface area contributed by atoms with Crippen LogP contribution in [0.5, 0.6) is 0 Å². The van der Waals surface area contributed by atoms with Crippen molar-refractivity contribution in [2.45, 2.75) is 33.6 Å². The summed E-state index contributed by atoms with van der Waals surface area (Å²) in [5.74, 6) is 0. The van der Waals surface area contributed by atoms with E-state index in [1.54, 1.807) is 6.92 Å². The lowest BCUT2D eigenvalue weighted by atomic mass is 10.1. The Morgan fingerprint density at radius 3 is 2.50 bits per heavy atom. The quantitative estimate of drug-likeness (QED) is 0.643. The summed E-state index contributed by atoms with van der Waals surface area (Å²) < 4.78 is 4.72. The molecule has 0 radical (unpaired) electrons. The molecule has 1 rings (SSSR count). The molecule has 0 aliphatic heterocycles. The topological polar surface area (TPSA) is 50.7 Å². The van der Waals surface area contributed by atoms with Crippen molar-refractivity contribution in [2.24, 2.45) is 5.10 Å². The minimum absolute atomic E-state index is 0.339. The molecule has 1 amide bonds. The molecule has 0 unspecified atom stereocenters. The molecule has 18 heavy (non-hydrogen) atoms. The van der Waals surface area contributed by atoms with Crippen molar-refractivity contribution in [1.82, 2.24) is 5.43 Å². The highest BCUT2D eigenvalue weighted by molar-refractivity contribution is 5.99. The van der Waals surface area contributed by atoms with E-state index in [-0.39, 0.29) is 0 Å². The van der Waals surface area contributed by atoms with Crippen LogP contribution in [0.2, 0.25) is 0 Å². The number of nitrogens with one attached hydrogen (secondary N) is 1. The van der Waals surface area contributed by atoms with Gasteiger partial charge < -0.3 is 4.74 Å². The Kier molecular flexibility index (Phi) is 5.91. The van der Waals surface area contributed by atoms with E-state index in [9.17, 15) is 4.79 Å². The molecule has 4 nitrogen and oxygen atoms in total. The van der Waals surface area contributed by atoms with E-state index in [0.29, 0.717) is 6.61 Å². The van der Waals surface area contributed by atoms with Gasteiger partial charge in [0.1, 0.15) is 0 Å². The van der Waals surface area contributed by atoms with E-state index < -0.39 is 6.09 Å². The van der Waals surface area contributed by atoms with Gasteiger partial charge in [0.2, 0.25) is 0 Å². The second-order valence-corrected chi connectivity index (χ2v) is 3.98. The Labute approximate surface area is 108 Å². The average molecular weight is 248 g/mol. The molecule has 0 bridgehead atoms. The van der Waals surface area contributed by atoms with Crippen molar-refractivity contribution < 1.29 is 9.53 Å².